The van der Waals surface area contributed by atoms with Gasteiger partial charge in [-0.15, -0.1) is 0 Å². The summed E-state index contributed by atoms with van der Waals surface area (Å²) in [5.41, 5.74) is 1.15. The van der Waals surface area contributed by atoms with E-state index in [0.29, 0.717) is 5.69 Å². The van der Waals surface area contributed by atoms with Crippen LogP contribution in [-0.2, 0) is 7.05 Å². The Bertz CT molecular complexity index is 610. The van der Waals surface area contributed by atoms with Gasteiger partial charge < -0.3 is 10.4 Å². The molecule has 0 saturated heterocycles. The first-order valence-corrected chi connectivity index (χ1v) is 5.76. The average molecular weight is 263 g/mol. The van der Waals surface area contributed by atoms with Gasteiger partial charge in [-0.1, -0.05) is 0 Å². The minimum Gasteiger partial charge on any atom is -0.478 e. The van der Waals surface area contributed by atoms with Gasteiger partial charge in [0, 0.05) is 18.9 Å². The van der Waals surface area contributed by atoms with E-state index in [4.69, 9.17) is 5.11 Å². The largest absolute Gasteiger partial charge is 0.478 e. The van der Waals surface area contributed by atoms with Crippen LogP contribution in [0.1, 0.15) is 29.0 Å². The summed E-state index contributed by atoms with van der Waals surface area (Å²) >= 11 is 0. The van der Waals surface area contributed by atoms with Gasteiger partial charge in [-0.25, -0.2) is 9.18 Å². The minimum absolute atomic E-state index is 0.0698. The number of nitrogens with zero attached hydrogens (tertiary/aromatic N) is 2. The second-order valence-electron chi connectivity index (χ2n) is 4.25. The minimum atomic E-state index is -1.28. The Labute approximate surface area is 109 Å². The number of rotatable bonds is 4. The molecule has 1 atom stereocenters. The highest BCUT2D eigenvalue weighted by Gasteiger charge is 2.13. The first-order valence-electron chi connectivity index (χ1n) is 5.76. The topological polar surface area (TPSA) is 67.2 Å². The van der Waals surface area contributed by atoms with Crippen molar-refractivity contribution in [1.82, 2.24) is 9.78 Å². The normalized spacial score (nSPS) is 12.2. The molecule has 0 saturated carbocycles. The monoisotopic (exact) mass is 263 g/mol. The van der Waals surface area contributed by atoms with Gasteiger partial charge in [0.1, 0.15) is 5.82 Å². The predicted octanol–water partition coefficient (Wildman–Crippen LogP) is 2.43. The van der Waals surface area contributed by atoms with Crippen molar-refractivity contribution in [3.05, 3.63) is 47.5 Å². The third-order valence-electron chi connectivity index (χ3n) is 2.88. The van der Waals surface area contributed by atoms with E-state index in [1.54, 1.807) is 10.9 Å². The molecule has 0 aliphatic carbocycles. The fourth-order valence-electron chi connectivity index (χ4n) is 1.91. The maximum atomic E-state index is 13.3. The van der Waals surface area contributed by atoms with Gasteiger partial charge in [-0.2, -0.15) is 5.10 Å². The molecule has 0 spiro atoms. The first kappa shape index (κ1) is 13.1. The molecular formula is C13H14FN3O2. The van der Waals surface area contributed by atoms with Gasteiger partial charge in [-0.3, -0.25) is 4.68 Å². The van der Waals surface area contributed by atoms with Gasteiger partial charge in [-0.05, 0) is 31.2 Å². The van der Waals surface area contributed by atoms with Crippen molar-refractivity contribution in [2.24, 2.45) is 7.05 Å². The first-order chi connectivity index (χ1) is 8.99. The number of halogens is 1. The molecule has 0 aliphatic heterocycles. The maximum absolute atomic E-state index is 13.3. The Hall–Kier alpha value is -2.37. The number of benzene rings is 1. The summed E-state index contributed by atoms with van der Waals surface area (Å²) < 4.78 is 15.0. The van der Waals surface area contributed by atoms with Crippen LogP contribution in [-0.4, -0.2) is 20.9 Å². The molecule has 2 N–H and O–H groups in total. The molecule has 19 heavy (non-hydrogen) atoms. The molecule has 0 fully saturated rings. The number of nitrogens with one attached hydrogen (secondary N) is 1. The fourth-order valence-corrected chi connectivity index (χ4v) is 1.91. The lowest BCUT2D eigenvalue weighted by atomic mass is 10.1. The van der Waals surface area contributed by atoms with Crippen molar-refractivity contribution >= 4 is 11.7 Å². The van der Waals surface area contributed by atoms with Crippen LogP contribution in [0.15, 0.2) is 30.5 Å². The Morgan fingerprint density at radius 3 is 2.79 bits per heavy atom. The van der Waals surface area contributed by atoms with E-state index in [1.165, 1.54) is 12.1 Å². The SMILES string of the molecule is CC(Nc1ccc(F)c(C(=O)O)c1)c1ccnn1C. The van der Waals surface area contributed by atoms with Gasteiger partial charge in [0.25, 0.3) is 0 Å². The summed E-state index contributed by atoms with van der Waals surface area (Å²) in [7, 11) is 1.82. The molecule has 0 radical (unpaired) electrons. The van der Waals surface area contributed by atoms with Crippen molar-refractivity contribution in [1.29, 1.82) is 0 Å². The summed E-state index contributed by atoms with van der Waals surface area (Å²) in [5, 5.41) is 16.0. The summed E-state index contributed by atoms with van der Waals surface area (Å²) in [6.07, 6.45) is 1.68. The Morgan fingerprint density at radius 2 is 2.21 bits per heavy atom. The van der Waals surface area contributed by atoms with E-state index in [1.807, 2.05) is 20.0 Å². The highest BCUT2D eigenvalue weighted by atomic mass is 19.1. The average Bonchev–Trinajstić information content (AvgIpc) is 2.77. The highest BCUT2D eigenvalue weighted by molar-refractivity contribution is 5.89. The molecule has 2 aromatic rings. The van der Waals surface area contributed by atoms with Crippen molar-refractivity contribution in [3.8, 4) is 0 Å². The molecule has 5 nitrogen and oxygen atoms in total. The lowest BCUT2D eigenvalue weighted by molar-refractivity contribution is 0.0692. The molecule has 1 aromatic carbocycles. The number of carboxylic acid groups (broad SMARTS) is 1. The van der Waals surface area contributed by atoms with Gasteiger partial charge in [0.05, 0.1) is 17.3 Å². The molecule has 2 rings (SSSR count). The number of hydrogen-bond acceptors (Lipinski definition) is 3. The van der Waals surface area contributed by atoms with Crippen molar-refractivity contribution in [2.75, 3.05) is 5.32 Å². The van der Waals surface area contributed by atoms with Crippen LogP contribution in [0.5, 0.6) is 0 Å². The Morgan fingerprint density at radius 1 is 1.47 bits per heavy atom. The number of aromatic nitrogens is 2. The second-order valence-corrected chi connectivity index (χ2v) is 4.25. The molecule has 1 unspecified atom stereocenters. The zero-order valence-corrected chi connectivity index (χ0v) is 10.6. The quantitative estimate of drug-likeness (QED) is 0.889. The molecular weight excluding hydrogens is 249 g/mol. The second kappa shape index (κ2) is 5.09. The predicted molar refractivity (Wildman–Crippen MR) is 68.6 cm³/mol. The number of anilines is 1. The van der Waals surface area contributed by atoms with E-state index in [2.05, 4.69) is 10.4 Å². The standard InChI is InChI=1S/C13H14FN3O2/c1-8(12-5-6-15-17(12)2)16-9-3-4-11(14)10(7-9)13(18)19/h3-8,16H,1-2H3,(H,18,19). The molecule has 6 heteroatoms. The van der Waals surface area contributed by atoms with E-state index in [-0.39, 0.29) is 11.6 Å². The lowest BCUT2D eigenvalue weighted by Crippen LogP contribution is -2.12. The van der Waals surface area contributed by atoms with Crippen LogP contribution >= 0.6 is 0 Å². The van der Waals surface area contributed by atoms with Crippen LogP contribution in [0.3, 0.4) is 0 Å². The summed E-state index contributed by atoms with van der Waals surface area (Å²) in [4.78, 5) is 10.9. The van der Waals surface area contributed by atoms with Crippen LogP contribution < -0.4 is 5.32 Å². The number of carboxylic acids is 1. The zero-order valence-electron chi connectivity index (χ0n) is 10.6. The highest BCUT2D eigenvalue weighted by Crippen LogP contribution is 2.21. The van der Waals surface area contributed by atoms with Gasteiger partial charge >= 0.3 is 5.97 Å². The van der Waals surface area contributed by atoms with E-state index in [0.717, 1.165) is 11.8 Å². The fraction of sp³-hybridized carbons (Fsp3) is 0.231. The molecule has 0 aliphatic rings. The molecule has 100 valence electrons. The van der Waals surface area contributed by atoms with E-state index >= 15 is 0 Å². The molecule has 0 amide bonds. The number of hydrogen-bond donors (Lipinski definition) is 2. The van der Waals surface area contributed by atoms with Crippen LogP contribution in [0.25, 0.3) is 0 Å². The summed E-state index contributed by atoms with van der Waals surface area (Å²) in [6, 6.07) is 5.72. The van der Waals surface area contributed by atoms with Gasteiger partial charge in [0.15, 0.2) is 0 Å². The number of carbonyl (C=O) groups is 1. The van der Waals surface area contributed by atoms with Gasteiger partial charge in [0.2, 0.25) is 0 Å². The smallest absolute Gasteiger partial charge is 0.338 e. The lowest BCUT2D eigenvalue weighted by Gasteiger charge is -2.16. The van der Waals surface area contributed by atoms with Crippen molar-refractivity contribution in [2.45, 2.75) is 13.0 Å². The van der Waals surface area contributed by atoms with E-state index < -0.39 is 11.8 Å². The summed E-state index contributed by atoms with van der Waals surface area (Å²) in [6.45, 7) is 1.92. The molecule has 1 aromatic heterocycles. The third-order valence-corrected chi connectivity index (χ3v) is 2.88. The Kier molecular flexibility index (Phi) is 3.50. The Balaban J connectivity index is 2.22. The third kappa shape index (κ3) is 2.73. The van der Waals surface area contributed by atoms with Crippen LogP contribution in [0.2, 0.25) is 0 Å². The van der Waals surface area contributed by atoms with Crippen molar-refractivity contribution < 1.29 is 14.3 Å². The van der Waals surface area contributed by atoms with Crippen LogP contribution in [0.4, 0.5) is 10.1 Å². The molecule has 0 bridgehead atoms. The maximum Gasteiger partial charge on any atom is 0.338 e. The molecule has 1 heterocycles. The number of aryl methyl sites for hydroxylation is 1. The van der Waals surface area contributed by atoms with Crippen LogP contribution in [0, 0.1) is 5.82 Å². The zero-order chi connectivity index (χ0) is 14.0. The number of aromatic carboxylic acids is 1. The van der Waals surface area contributed by atoms with Crippen molar-refractivity contribution in [3.63, 3.8) is 0 Å². The van der Waals surface area contributed by atoms with E-state index in [9.17, 15) is 9.18 Å². The summed E-state index contributed by atoms with van der Waals surface area (Å²) in [5.74, 6) is -2.03.